The fourth-order valence-electron chi connectivity index (χ4n) is 4.32. The van der Waals surface area contributed by atoms with Crippen LogP contribution in [0.4, 0.5) is 4.39 Å². The SMILES string of the molecule is COCCN(C[C@@H]1CN(Cc2ccc(C)s2)C[C@H]1c1cccc(F)c1)C(=O)C(C)C. The van der Waals surface area contributed by atoms with Crippen LogP contribution in [0.15, 0.2) is 36.4 Å². The Morgan fingerprint density at radius 2 is 2.10 bits per heavy atom. The largest absolute Gasteiger partial charge is 0.383 e. The van der Waals surface area contributed by atoms with Crippen molar-refractivity contribution in [1.29, 1.82) is 0 Å². The zero-order chi connectivity index (χ0) is 21.7. The molecule has 2 aromatic rings. The third-order valence-electron chi connectivity index (χ3n) is 5.79. The topological polar surface area (TPSA) is 32.8 Å². The van der Waals surface area contributed by atoms with E-state index in [1.54, 1.807) is 19.2 Å². The van der Waals surface area contributed by atoms with E-state index >= 15 is 0 Å². The predicted molar refractivity (Wildman–Crippen MR) is 120 cm³/mol. The molecule has 1 aliphatic rings. The van der Waals surface area contributed by atoms with Gasteiger partial charge in [-0.15, -0.1) is 11.3 Å². The highest BCUT2D eigenvalue weighted by atomic mass is 32.1. The van der Waals surface area contributed by atoms with Gasteiger partial charge >= 0.3 is 0 Å². The Labute approximate surface area is 183 Å². The zero-order valence-corrected chi connectivity index (χ0v) is 19.3. The fourth-order valence-corrected chi connectivity index (χ4v) is 5.25. The van der Waals surface area contributed by atoms with Crippen molar-refractivity contribution in [2.75, 3.05) is 39.9 Å². The molecule has 1 aromatic heterocycles. The Balaban J connectivity index is 1.80. The van der Waals surface area contributed by atoms with Crippen LogP contribution >= 0.6 is 11.3 Å². The van der Waals surface area contributed by atoms with Crippen LogP contribution in [0.25, 0.3) is 0 Å². The molecule has 2 heterocycles. The molecule has 1 aromatic carbocycles. The lowest BCUT2D eigenvalue weighted by Crippen LogP contribution is -2.41. The average Bonchev–Trinajstić information content (AvgIpc) is 3.30. The highest BCUT2D eigenvalue weighted by Gasteiger charge is 2.36. The number of likely N-dealkylation sites (tertiary alicyclic amines) is 1. The van der Waals surface area contributed by atoms with E-state index in [0.29, 0.717) is 19.7 Å². The summed E-state index contributed by atoms with van der Waals surface area (Å²) in [6.07, 6.45) is 0. The molecule has 6 heteroatoms. The van der Waals surface area contributed by atoms with E-state index < -0.39 is 0 Å². The molecule has 1 aliphatic heterocycles. The fraction of sp³-hybridized carbons (Fsp3) is 0.542. The molecule has 2 atom stereocenters. The molecule has 0 aliphatic carbocycles. The van der Waals surface area contributed by atoms with Gasteiger partial charge in [-0.2, -0.15) is 0 Å². The van der Waals surface area contributed by atoms with Gasteiger partial charge in [-0.3, -0.25) is 9.69 Å². The zero-order valence-electron chi connectivity index (χ0n) is 18.4. The van der Waals surface area contributed by atoms with E-state index in [1.165, 1.54) is 15.8 Å². The summed E-state index contributed by atoms with van der Waals surface area (Å²) in [4.78, 5) is 19.8. The van der Waals surface area contributed by atoms with Gasteiger partial charge in [0.15, 0.2) is 0 Å². The van der Waals surface area contributed by atoms with E-state index in [-0.39, 0.29) is 29.5 Å². The molecule has 1 fully saturated rings. The molecule has 0 saturated carbocycles. The molecule has 30 heavy (non-hydrogen) atoms. The average molecular weight is 433 g/mol. The summed E-state index contributed by atoms with van der Waals surface area (Å²) in [5.74, 6) is 0.353. The van der Waals surface area contributed by atoms with Crippen molar-refractivity contribution in [1.82, 2.24) is 9.80 Å². The van der Waals surface area contributed by atoms with Gasteiger partial charge in [0.25, 0.3) is 0 Å². The molecule has 164 valence electrons. The maximum absolute atomic E-state index is 14.0. The van der Waals surface area contributed by atoms with Crippen LogP contribution in [0.3, 0.4) is 0 Å². The van der Waals surface area contributed by atoms with Crippen molar-refractivity contribution in [3.63, 3.8) is 0 Å². The van der Waals surface area contributed by atoms with Crippen LogP contribution in [0.1, 0.15) is 35.1 Å². The minimum absolute atomic E-state index is 0.0546. The quantitative estimate of drug-likeness (QED) is 0.583. The lowest BCUT2D eigenvalue weighted by atomic mass is 9.88. The van der Waals surface area contributed by atoms with Gasteiger partial charge in [-0.25, -0.2) is 4.39 Å². The summed E-state index contributed by atoms with van der Waals surface area (Å²) < 4.78 is 19.2. The number of methoxy groups -OCH3 is 1. The van der Waals surface area contributed by atoms with Crippen molar-refractivity contribution in [3.05, 3.63) is 57.5 Å². The van der Waals surface area contributed by atoms with Gasteiger partial charge in [0.05, 0.1) is 6.61 Å². The van der Waals surface area contributed by atoms with Crippen molar-refractivity contribution in [2.24, 2.45) is 11.8 Å². The minimum Gasteiger partial charge on any atom is -0.383 e. The first kappa shape index (κ1) is 22.9. The molecule has 4 nitrogen and oxygen atoms in total. The number of ether oxygens (including phenoxy) is 1. The summed E-state index contributed by atoms with van der Waals surface area (Å²) in [5.41, 5.74) is 1.02. The number of rotatable bonds is 9. The van der Waals surface area contributed by atoms with Gasteiger partial charge in [-0.1, -0.05) is 26.0 Å². The number of halogens is 1. The van der Waals surface area contributed by atoms with Crippen LogP contribution in [-0.4, -0.2) is 55.6 Å². The standard InChI is InChI=1S/C24H33FN2O2S/c1-17(2)24(28)27(10-11-29-4)14-20-13-26(15-22-9-8-18(3)30-22)16-23(20)19-6-5-7-21(25)12-19/h5-9,12,17,20,23H,10-11,13-16H2,1-4H3/t20-,23-/m0/s1. The van der Waals surface area contributed by atoms with Crippen LogP contribution in [0.2, 0.25) is 0 Å². The van der Waals surface area contributed by atoms with Gasteiger partial charge < -0.3 is 9.64 Å². The summed E-state index contributed by atoms with van der Waals surface area (Å²) >= 11 is 1.83. The maximum atomic E-state index is 14.0. The number of aryl methyl sites for hydroxylation is 1. The third kappa shape index (κ3) is 5.90. The third-order valence-corrected chi connectivity index (χ3v) is 6.78. The van der Waals surface area contributed by atoms with Crippen molar-refractivity contribution in [2.45, 2.75) is 33.2 Å². The maximum Gasteiger partial charge on any atom is 0.225 e. The van der Waals surface area contributed by atoms with Gasteiger partial charge in [0.1, 0.15) is 5.82 Å². The summed E-state index contributed by atoms with van der Waals surface area (Å²) in [6.45, 7) is 10.4. The Morgan fingerprint density at radius 1 is 1.30 bits per heavy atom. The van der Waals surface area contributed by atoms with E-state index in [0.717, 1.165) is 25.2 Å². The summed E-state index contributed by atoms with van der Waals surface area (Å²) in [6, 6.07) is 11.3. The first-order valence-electron chi connectivity index (χ1n) is 10.7. The minimum atomic E-state index is -0.201. The van der Waals surface area contributed by atoms with Crippen molar-refractivity contribution in [3.8, 4) is 0 Å². The smallest absolute Gasteiger partial charge is 0.225 e. The number of thiophene rings is 1. The lowest BCUT2D eigenvalue weighted by molar-refractivity contribution is -0.135. The van der Waals surface area contributed by atoms with Crippen LogP contribution in [0, 0.1) is 24.6 Å². The molecular weight excluding hydrogens is 399 g/mol. The first-order valence-corrected chi connectivity index (χ1v) is 11.5. The number of carbonyl (C=O) groups is 1. The van der Waals surface area contributed by atoms with Gasteiger partial charge in [-0.05, 0) is 42.7 Å². The summed E-state index contributed by atoms with van der Waals surface area (Å²) in [5, 5.41) is 0. The molecule has 1 saturated heterocycles. The van der Waals surface area contributed by atoms with E-state index in [2.05, 4.69) is 24.0 Å². The lowest BCUT2D eigenvalue weighted by Gasteiger charge is -2.29. The Bertz CT molecular complexity index is 838. The number of benzene rings is 1. The highest BCUT2D eigenvalue weighted by molar-refractivity contribution is 7.11. The van der Waals surface area contributed by atoms with Crippen LogP contribution in [0.5, 0.6) is 0 Å². The molecular formula is C24H33FN2O2S. The highest BCUT2D eigenvalue weighted by Crippen LogP contribution is 2.35. The Hall–Kier alpha value is -1.76. The molecule has 1 amide bonds. The first-order chi connectivity index (χ1) is 14.4. The second kappa shape index (κ2) is 10.5. The second-order valence-electron chi connectivity index (χ2n) is 8.56. The molecule has 0 spiro atoms. The molecule has 0 radical (unpaired) electrons. The van der Waals surface area contributed by atoms with E-state index in [9.17, 15) is 9.18 Å². The number of hydrogen-bond donors (Lipinski definition) is 0. The second-order valence-corrected chi connectivity index (χ2v) is 9.93. The van der Waals surface area contributed by atoms with E-state index in [4.69, 9.17) is 4.74 Å². The Kier molecular flexibility index (Phi) is 8.03. The van der Waals surface area contributed by atoms with Crippen molar-refractivity contribution < 1.29 is 13.9 Å². The van der Waals surface area contributed by atoms with Gasteiger partial charge in [0.2, 0.25) is 5.91 Å². The predicted octanol–water partition coefficient (Wildman–Crippen LogP) is 4.54. The number of hydrogen-bond acceptors (Lipinski definition) is 4. The molecule has 0 bridgehead atoms. The van der Waals surface area contributed by atoms with Crippen LogP contribution < -0.4 is 0 Å². The number of carbonyl (C=O) groups excluding carboxylic acids is 1. The summed E-state index contributed by atoms with van der Waals surface area (Å²) in [7, 11) is 1.66. The molecule has 0 unspecified atom stereocenters. The van der Waals surface area contributed by atoms with Crippen LogP contribution in [-0.2, 0) is 16.1 Å². The van der Waals surface area contributed by atoms with Gasteiger partial charge in [0, 0.05) is 61.4 Å². The Morgan fingerprint density at radius 3 is 2.73 bits per heavy atom. The van der Waals surface area contributed by atoms with E-state index in [1.807, 2.05) is 36.2 Å². The normalized spacial score (nSPS) is 19.5. The number of nitrogens with zero attached hydrogens (tertiary/aromatic N) is 2. The molecule has 3 rings (SSSR count). The van der Waals surface area contributed by atoms with Crippen molar-refractivity contribution >= 4 is 17.2 Å². The number of amides is 1. The monoisotopic (exact) mass is 432 g/mol. The molecule has 0 N–H and O–H groups in total.